The molecule has 0 radical (unpaired) electrons. The highest BCUT2D eigenvalue weighted by Crippen LogP contribution is 2.41. The molecule has 0 fully saturated rings. The second-order valence-electron chi connectivity index (χ2n) is 7.93. The summed E-state index contributed by atoms with van der Waals surface area (Å²) in [4.78, 5) is 2.22. The number of nitrogens with zero attached hydrogens (tertiary/aromatic N) is 3. The van der Waals surface area contributed by atoms with Crippen molar-refractivity contribution in [1.29, 1.82) is 0 Å². The summed E-state index contributed by atoms with van der Waals surface area (Å²) >= 11 is 0. The molecule has 0 amide bonds. The van der Waals surface area contributed by atoms with Crippen LogP contribution in [0, 0.1) is 16.7 Å². The van der Waals surface area contributed by atoms with Gasteiger partial charge < -0.3 is 4.90 Å². The number of likely N-dealkylation sites (N-methyl/N-ethyl adjacent to an activating group) is 1. The third-order valence-electron chi connectivity index (χ3n) is 3.70. The minimum atomic E-state index is 0.251. The summed E-state index contributed by atoms with van der Waals surface area (Å²) in [7, 11) is 4.24. The van der Waals surface area contributed by atoms with Crippen molar-refractivity contribution in [2.45, 2.75) is 47.6 Å². The Morgan fingerprint density at radius 1 is 1.06 bits per heavy atom. The Hall–Kier alpha value is -0.570. The molecule has 2 unspecified atom stereocenters. The van der Waals surface area contributed by atoms with Gasteiger partial charge in [0.25, 0.3) is 0 Å². The van der Waals surface area contributed by atoms with Gasteiger partial charge in [0.1, 0.15) is 0 Å². The molecule has 0 bridgehead atoms. The Bertz CT molecular complexity index is 294. The van der Waals surface area contributed by atoms with Gasteiger partial charge in [-0.25, -0.2) is 0 Å². The van der Waals surface area contributed by atoms with Gasteiger partial charge in [-0.2, -0.15) is 5.10 Å². The van der Waals surface area contributed by atoms with Crippen LogP contribution in [0.2, 0.25) is 0 Å². The maximum Gasteiger partial charge on any atom is 0.0602 e. The normalized spacial score (nSPS) is 25.3. The van der Waals surface area contributed by atoms with Crippen molar-refractivity contribution >= 4 is 6.21 Å². The van der Waals surface area contributed by atoms with Gasteiger partial charge in [0.15, 0.2) is 0 Å². The fourth-order valence-corrected chi connectivity index (χ4v) is 2.68. The maximum absolute atomic E-state index is 4.69. The molecule has 0 N–H and O–H groups in total. The van der Waals surface area contributed by atoms with Crippen LogP contribution < -0.4 is 0 Å². The fraction of sp³-hybridized carbons (Fsp3) is 0.933. The van der Waals surface area contributed by atoms with Crippen LogP contribution >= 0.6 is 0 Å². The van der Waals surface area contributed by atoms with E-state index in [1.165, 1.54) is 0 Å². The van der Waals surface area contributed by atoms with Crippen molar-refractivity contribution in [3.05, 3.63) is 0 Å². The molecule has 0 aromatic heterocycles. The summed E-state index contributed by atoms with van der Waals surface area (Å²) in [6.07, 6.45) is 2.17. The average Bonchev–Trinajstić information content (AvgIpc) is 2.56. The first-order chi connectivity index (χ1) is 8.03. The molecule has 1 heterocycles. The molecule has 18 heavy (non-hydrogen) atoms. The Kier molecular flexibility index (Phi) is 4.47. The van der Waals surface area contributed by atoms with E-state index in [0.717, 1.165) is 13.1 Å². The lowest BCUT2D eigenvalue weighted by Crippen LogP contribution is -2.48. The highest BCUT2D eigenvalue weighted by atomic mass is 15.5. The first kappa shape index (κ1) is 15.5. The van der Waals surface area contributed by atoms with Crippen molar-refractivity contribution < 1.29 is 0 Å². The van der Waals surface area contributed by atoms with Crippen molar-refractivity contribution in [3.8, 4) is 0 Å². The second-order valence-corrected chi connectivity index (χ2v) is 7.93. The fourth-order valence-electron chi connectivity index (χ4n) is 2.68. The van der Waals surface area contributed by atoms with Crippen molar-refractivity contribution in [3.63, 3.8) is 0 Å². The van der Waals surface area contributed by atoms with Crippen LogP contribution in [0.5, 0.6) is 0 Å². The minimum absolute atomic E-state index is 0.251. The van der Waals surface area contributed by atoms with E-state index < -0.39 is 0 Å². The lowest BCUT2D eigenvalue weighted by atomic mass is 9.69. The standard InChI is InChI=1S/C15H31N3/c1-14(2,3)12-11-16-18(10-9-17(7)8)13(12)15(4,5)6/h11-13H,9-10H2,1-8H3. The van der Waals surface area contributed by atoms with Crippen LogP contribution in [0.1, 0.15) is 41.5 Å². The molecule has 106 valence electrons. The van der Waals surface area contributed by atoms with Crippen LogP contribution in [0.25, 0.3) is 0 Å². The van der Waals surface area contributed by atoms with Gasteiger partial charge >= 0.3 is 0 Å². The molecular weight excluding hydrogens is 222 g/mol. The van der Waals surface area contributed by atoms with Gasteiger partial charge in [-0.1, -0.05) is 41.5 Å². The van der Waals surface area contributed by atoms with Crippen LogP contribution in [0.3, 0.4) is 0 Å². The summed E-state index contributed by atoms with van der Waals surface area (Å²) in [6, 6.07) is 0.498. The molecule has 1 rings (SSSR count). The Balaban J connectivity index is 2.85. The van der Waals surface area contributed by atoms with Crippen molar-refractivity contribution in [2.75, 3.05) is 27.2 Å². The van der Waals surface area contributed by atoms with E-state index in [-0.39, 0.29) is 10.8 Å². The molecule has 0 saturated heterocycles. The summed E-state index contributed by atoms with van der Waals surface area (Å²) < 4.78 is 0. The lowest BCUT2D eigenvalue weighted by molar-refractivity contribution is 0.0558. The molecule has 0 saturated carbocycles. The molecular formula is C15H31N3. The SMILES string of the molecule is CN(C)CCN1N=CC(C(C)(C)C)C1C(C)(C)C. The second kappa shape index (κ2) is 5.20. The number of hydrogen-bond acceptors (Lipinski definition) is 3. The third-order valence-corrected chi connectivity index (χ3v) is 3.70. The Morgan fingerprint density at radius 2 is 1.61 bits per heavy atom. The van der Waals surface area contributed by atoms with E-state index in [1.54, 1.807) is 0 Å². The predicted octanol–water partition coefficient (Wildman–Crippen LogP) is 2.93. The van der Waals surface area contributed by atoms with Crippen molar-refractivity contribution in [2.24, 2.45) is 21.8 Å². The maximum atomic E-state index is 4.69. The summed E-state index contributed by atoms with van der Waals surface area (Å²) in [6.45, 7) is 16.0. The Morgan fingerprint density at radius 3 is 2.00 bits per heavy atom. The third kappa shape index (κ3) is 3.71. The van der Waals surface area contributed by atoms with Crippen LogP contribution in [-0.2, 0) is 0 Å². The van der Waals surface area contributed by atoms with E-state index in [4.69, 9.17) is 0 Å². The molecule has 0 aromatic rings. The van der Waals surface area contributed by atoms with Gasteiger partial charge in [-0.3, -0.25) is 5.01 Å². The monoisotopic (exact) mass is 253 g/mol. The van der Waals surface area contributed by atoms with Crippen LogP contribution in [0.15, 0.2) is 5.10 Å². The first-order valence-electron chi connectivity index (χ1n) is 6.99. The van der Waals surface area contributed by atoms with Crippen LogP contribution in [0.4, 0.5) is 0 Å². The molecule has 3 heteroatoms. The highest BCUT2D eigenvalue weighted by Gasteiger charge is 2.44. The van der Waals surface area contributed by atoms with Gasteiger partial charge in [0, 0.05) is 25.2 Å². The van der Waals surface area contributed by atoms with Crippen LogP contribution in [-0.4, -0.2) is 49.4 Å². The summed E-state index contributed by atoms with van der Waals surface area (Å²) in [5.74, 6) is 0.527. The zero-order valence-electron chi connectivity index (χ0n) is 13.5. The van der Waals surface area contributed by atoms with Gasteiger partial charge in [0.2, 0.25) is 0 Å². The molecule has 1 aliphatic rings. The summed E-state index contributed by atoms with van der Waals surface area (Å²) in [5.41, 5.74) is 0.523. The lowest BCUT2D eigenvalue weighted by Gasteiger charge is -2.42. The number of hydrazone groups is 1. The number of hydrogen-bond donors (Lipinski definition) is 0. The average molecular weight is 253 g/mol. The molecule has 0 aromatic carbocycles. The predicted molar refractivity (Wildman–Crippen MR) is 79.9 cm³/mol. The van der Waals surface area contributed by atoms with E-state index in [1.807, 2.05) is 0 Å². The quantitative estimate of drug-likeness (QED) is 0.770. The molecule has 0 aliphatic carbocycles. The molecule has 2 atom stereocenters. The minimum Gasteiger partial charge on any atom is -0.308 e. The highest BCUT2D eigenvalue weighted by molar-refractivity contribution is 5.65. The molecule has 1 aliphatic heterocycles. The smallest absolute Gasteiger partial charge is 0.0602 e. The van der Waals surface area contributed by atoms with E-state index >= 15 is 0 Å². The van der Waals surface area contributed by atoms with Crippen molar-refractivity contribution in [1.82, 2.24) is 9.91 Å². The van der Waals surface area contributed by atoms with Gasteiger partial charge in [-0.15, -0.1) is 0 Å². The largest absolute Gasteiger partial charge is 0.308 e. The molecule has 0 spiro atoms. The zero-order chi connectivity index (χ0) is 14.1. The Labute approximate surface area is 113 Å². The molecule has 3 nitrogen and oxygen atoms in total. The van der Waals surface area contributed by atoms with Gasteiger partial charge in [-0.05, 0) is 24.9 Å². The first-order valence-corrected chi connectivity index (χ1v) is 6.99. The topological polar surface area (TPSA) is 18.8 Å². The number of rotatable bonds is 3. The van der Waals surface area contributed by atoms with E-state index in [2.05, 4.69) is 76.9 Å². The van der Waals surface area contributed by atoms with E-state index in [9.17, 15) is 0 Å². The van der Waals surface area contributed by atoms with E-state index in [0.29, 0.717) is 12.0 Å². The van der Waals surface area contributed by atoms with Gasteiger partial charge in [0.05, 0.1) is 6.04 Å². The summed E-state index contributed by atoms with van der Waals surface area (Å²) in [5, 5.41) is 6.99. The zero-order valence-corrected chi connectivity index (χ0v) is 13.5.